The van der Waals surface area contributed by atoms with Gasteiger partial charge in [-0.25, -0.2) is 0 Å². The second-order valence-electron chi connectivity index (χ2n) is 5.24. The van der Waals surface area contributed by atoms with Crippen LogP contribution >= 0.6 is 11.6 Å². The molecular weight excluding hydrogens is 290 g/mol. The maximum absolute atomic E-state index is 11.9. The number of anilines is 2. The number of nitrogens with one attached hydrogen (secondary N) is 1. The zero-order valence-corrected chi connectivity index (χ0v) is 13.4. The third-order valence-electron chi connectivity index (χ3n) is 3.23. The van der Waals surface area contributed by atoms with Gasteiger partial charge in [0, 0.05) is 24.7 Å². The average molecular weight is 314 g/mol. The van der Waals surface area contributed by atoms with Gasteiger partial charge in [-0.3, -0.25) is 9.69 Å². The van der Waals surface area contributed by atoms with Crippen LogP contribution in [0, 0.1) is 0 Å². The van der Waals surface area contributed by atoms with Crippen LogP contribution in [0.1, 0.15) is 26.7 Å². The van der Waals surface area contributed by atoms with E-state index in [4.69, 9.17) is 22.4 Å². The zero-order valence-electron chi connectivity index (χ0n) is 12.6. The number of halogens is 1. The van der Waals surface area contributed by atoms with Gasteiger partial charge in [-0.05, 0) is 45.0 Å². The largest absolute Gasteiger partial charge is 0.399 e. The molecule has 0 aliphatic rings. The molecule has 0 bridgehead atoms. The molecular formula is C15H24ClN3O2. The van der Waals surface area contributed by atoms with Gasteiger partial charge in [-0.15, -0.1) is 0 Å². The second kappa shape index (κ2) is 8.87. The van der Waals surface area contributed by atoms with E-state index in [1.54, 1.807) is 18.2 Å². The molecule has 0 aliphatic heterocycles. The summed E-state index contributed by atoms with van der Waals surface area (Å²) in [6, 6.07) is 5.36. The predicted octanol–water partition coefficient (Wildman–Crippen LogP) is 2.34. The van der Waals surface area contributed by atoms with E-state index in [0.29, 0.717) is 35.4 Å². The van der Waals surface area contributed by atoms with E-state index in [-0.39, 0.29) is 12.5 Å². The number of aliphatic hydroxyl groups excluding tert-OH is 1. The lowest BCUT2D eigenvalue weighted by Crippen LogP contribution is -2.34. The fraction of sp³-hybridized carbons (Fsp3) is 0.533. The lowest BCUT2D eigenvalue weighted by Gasteiger charge is -2.25. The number of amides is 1. The molecule has 5 nitrogen and oxygen atoms in total. The molecule has 21 heavy (non-hydrogen) atoms. The van der Waals surface area contributed by atoms with Crippen molar-refractivity contribution in [2.24, 2.45) is 0 Å². The molecule has 0 unspecified atom stereocenters. The smallest absolute Gasteiger partial charge is 0.224 e. The van der Waals surface area contributed by atoms with Gasteiger partial charge in [0.1, 0.15) is 0 Å². The summed E-state index contributed by atoms with van der Waals surface area (Å²) < 4.78 is 0. The summed E-state index contributed by atoms with van der Waals surface area (Å²) in [6.07, 6.45) is 1.14. The first-order chi connectivity index (χ1) is 9.93. The Morgan fingerprint density at radius 1 is 1.43 bits per heavy atom. The molecule has 1 aromatic rings. The van der Waals surface area contributed by atoms with Gasteiger partial charge in [-0.1, -0.05) is 11.6 Å². The third kappa shape index (κ3) is 6.33. The summed E-state index contributed by atoms with van der Waals surface area (Å²) in [5.41, 5.74) is 6.75. The van der Waals surface area contributed by atoms with Gasteiger partial charge in [-0.2, -0.15) is 0 Å². The van der Waals surface area contributed by atoms with E-state index >= 15 is 0 Å². The van der Waals surface area contributed by atoms with Gasteiger partial charge in [0.2, 0.25) is 5.91 Å². The van der Waals surface area contributed by atoms with Gasteiger partial charge >= 0.3 is 0 Å². The number of nitrogen functional groups attached to an aromatic ring is 1. The summed E-state index contributed by atoms with van der Waals surface area (Å²) in [5.74, 6) is -0.0747. The first-order valence-corrected chi connectivity index (χ1v) is 7.51. The van der Waals surface area contributed by atoms with Crippen LogP contribution in [0.25, 0.3) is 0 Å². The molecule has 4 N–H and O–H groups in total. The van der Waals surface area contributed by atoms with Crippen molar-refractivity contribution in [2.75, 3.05) is 30.7 Å². The highest BCUT2D eigenvalue weighted by molar-refractivity contribution is 6.34. The van der Waals surface area contributed by atoms with Crippen molar-refractivity contribution in [3.8, 4) is 0 Å². The van der Waals surface area contributed by atoms with Crippen LogP contribution in [-0.2, 0) is 4.79 Å². The molecule has 0 atom stereocenters. The Bertz CT molecular complexity index is 466. The van der Waals surface area contributed by atoms with Crippen molar-refractivity contribution in [1.82, 2.24) is 4.90 Å². The summed E-state index contributed by atoms with van der Waals surface area (Å²) >= 11 is 6.01. The monoisotopic (exact) mass is 313 g/mol. The Morgan fingerprint density at radius 3 is 2.71 bits per heavy atom. The van der Waals surface area contributed by atoms with Crippen molar-refractivity contribution in [1.29, 1.82) is 0 Å². The third-order valence-corrected chi connectivity index (χ3v) is 3.55. The highest BCUT2D eigenvalue weighted by atomic mass is 35.5. The van der Waals surface area contributed by atoms with Gasteiger partial charge in [0.25, 0.3) is 0 Å². The molecule has 0 aliphatic carbocycles. The van der Waals surface area contributed by atoms with Gasteiger partial charge in [0.05, 0.1) is 17.3 Å². The Hall–Kier alpha value is -1.30. The van der Waals surface area contributed by atoms with E-state index in [1.807, 2.05) is 0 Å². The van der Waals surface area contributed by atoms with Gasteiger partial charge < -0.3 is 16.2 Å². The highest BCUT2D eigenvalue weighted by Crippen LogP contribution is 2.24. The first kappa shape index (κ1) is 17.8. The standard InChI is InChI=1S/C15H24ClN3O2/c1-11(2)19(8-9-20)7-3-4-15(21)18-14-6-5-12(17)10-13(14)16/h5-6,10-11,20H,3-4,7-9,17H2,1-2H3,(H,18,21). The van der Waals surface area contributed by atoms with E-state index in [0.717, 1.165) is 13.0 Å². The molecule has 0 fully saturated rings. The van der Waals surface area contributed by atoms with Crippen LogP contribution in [0.15, 0.2) is 18.2 Å². The number of hydrogen-bond donors (Lipinski definition) is 3. The Balaban J connectivity index is 2.40. The molecule has 0 spiro atoms. The minimum Gasteiger partial charge on any atom is -0.399 e. The maximum atomic E-state index is 11.9. The van der Waals surface area contributed by atoms with Crippen LogP contribution < -0.4 is 11.1 Å². The number of rotatable bonds is 8. The molecule has 6 heteroatoms. The minimum atomic E-state index is -0.0747. The summed E-state index contributed by atoms with van der Waals surface area (Å²) in [6.45, 7) is 5.68. The summed E-state index contributed by atoms with van der Waals surface area (Å²) in [5, 5.41) is 12.2. The molecule has 0 heterocycles. The zero-order chi connectivity index (χ0) is 15.8. The van der Waals surface area contributed by atoms with Crippen molar-refractivity contribution in [2.45, 2.75) is 32.7 Å². The van der Waals surface area contributed by atoms with Crippen molar-refractivity contribution >= 4 is 28.9 Å². The normalized spacial score (nSPS) is 11.1. The summed E-state index contributed by atoms with van der Waals surface area (Å²) in [4.78, 5) is 14.0. The fourth-order valence-corrected chi connectivity index (χ4v) is 2.28. The van der Waals surface area contributed by atoms with Crippen LogP contribution in [0.2, 0.25) is 5.02 Å². The Kier molecular flexibility index (Phi) is 7.50. The number of carbonyl (C=O) groups is 1. The second-order valence-corrected chi connectivity index (χ2v) is 5.65. The number of carbonyl (C=O) groups excluding carboxylic acids is 1. The number of nitrogens with zero attached hydrogens (tertiary/aromatic N) is 1. The topological polar surface area (TPSA) is 78.6 Å². The van der Waals surface area contributed by atoms with Crippen molar-refractivity contribution < 1.29 is 9.90 Å². The molecule has 0 saturated heterocycles. The molecule has 0 aromatic heterocycles. The predicted molar refractivity (Wildman–Crippen MR) is 87.5 cm³/mol. The number of benzene rings is 1. The lowest BCUT2D eigenvalue weighted by atomic mass is 10.2. The highest BCUT2D eigenvalue weighted by Gasteiger charge is 2.10. The average Bonchev–Trinajstić information content (AvgIpc) is 2.41. The first-order valence-electron chi connectivity index (χ1n) is 7.13. The van der Waals surface area contributed by atoms with E-state index < -0.39 is 0 Å². The maximum Gasteiger partial charge on any atom is 0.224 e. The lowest BCUT2D eigenvalue weighted by molar-refractivity contribution is -0.116. The van der Waals surface area contributed by atoms with Crippen LogP contribution in [-0.4, -0.2) is 41.7 Å². The number of nitrogens with two attached hydrogens (primary N) is 1. The molecule has 0 saturated carbocycles. The molecule has 1 aromatic carbocycles. The number of hydrogen-bond acceptors (Lipinski definition) is 4. The van der Waals surface area contributed by atoms with Crippen LogP contribution in [0.4, 0.5) is 11.4 Å². The Labute approximate surface area is 131 Å². The Morgan fingerprint density at radius 2 is 2.14 bits per heavy atom. The van der Waals surface area contributed by atoms with Crippen molar-refractivity contribution in [3.63, 3.8) is 0 Å². The van der Waals surface area contributed by atoms with Crippen molar-refractivity contribution in [3.05, 3.63) is 23.2 Å². The number of aliphatic hydroxyl groups is 1. The van der Waals surface area contributed by atoms with E-state index in [2.05, 4.69) is 24.1 Å². The fourth-order valence-electron chi connectivity index (χ4n) is 2.04. The van der Waals surface area contributed by atoms with Crippen LogP contribution in [0.5, 0.6) is 0 Å². The van der Waals surface area contributed by atoms with E-state index in [1.165, 1.54) is 0 Å². The van der Waals surface area contributed by atoms with Gasteiger partial charge in [0.15, 0.2) is 0 Å². The molecule has 1 rings (SSSR count). The molecule has 0 radical (unpaired) electrons. The SMILES string of the molecule is CC(C)N(CCO)CCCC(=O)Nc1ccc(N)cc1Cl. The van der Waals surface area contributed by atoms with E-state index in [9.17, 15) is 4.79 Å². The molecule has 118 valence electrons. The molecule has 1 amide bonds. The quantitative estimate of drug-likeness (QED) is 0.644. The summed E-state index contributed by atoms with van der Waals surface area (Å²) in [7, 11) is 0. The van der Waals surface area contributed by atoms with Crippen LogP contribution in [0.3, 0.4) is 0 Å². The minimum absolute atomic E-state index is 0.0747.